The highest BCUT2D eigenvalue weighted by Crippen LogP contribution is 2.33. The van der Waals surface area contributed by atoms with E-state index in [0.29, 0.717) is 8.95 Å². The van der Waals surface area contributed by atoms with Gasteiger partial charge >= 0.3 is 0 Å². The number of phenolic OH excluding ortho intramolecular Hbond substituents is 1. The van der Waals surface area contributed by atoms with Crippen LogP contribution in [0, 0.1) is 0 Å². The average molecular weight is 378 g/mol. The molecule has 0 radical (unpaired) electrons. The molecular formula is C11H10Br2N2OS. The molecule has 1 aromatic heterocycles. The van der Waals surface area contributed by atoms with Gasteiger partial charge in [-0.25, -0.2) is 0 Å². The van der Waals surface area contributed by atoms with Gasteiger partial charge in [-0.2, -0.15) is 0 Å². The highest BCUT2D eigenvalue weighted by Gasteiger charge is 2.05. The van der Waals surface area contributed by atoms with Crippen LogP contribution in [0.4, 0.5) is 0 Å². The number of nitrogens with one attached hydrogen (secondary N) is 1. The fraction of sp³-hybridized carbons (Fsp3) is 0.182. The number of hydrogen-bond donors (Lipinski definition) is 2. The molecule has 0 aliphatic heterocycles. The predicted molar refractivity (Wildman–Crippen MR) is 76.2 cm³/mol. The second-order valence-electron chi connectivity index (χ2n) is 3.48. The fourth-order valence-corrected chi connectivity index (χ4v) is 3.23. The largest absolute Gasteiger partial charge is 0.506 e. The van der Waals surface area contributed by atoms with E-state index in [1.165, 1.54) is 4.88 Å². The normalized spacial score (nSPS) is 10.7. The van der Waals surface area contributed by atoms with Gasteiger partial charge in [-0.1, -0.05) is 0 Å². The topological polar surface area (TPSA) is 45.1 Å². The van der Waals surface area contributed by atoms with Gasteiger partial charge in [0, 0.05) is 24.2 Å². The second-order valence-corrected chi connectivity index (χ2v) is 6.16. The molecule has 0 aliphatic rings. The van der Waals surface area contributed by atoms with E-state index in [0.717, 1.165) is 18.7 Å². The van der Waals surface area contributed by atoms with Crippen LogP contribution in [-0.2, 0) is 13.1 Å². The Morgan fingerprint density at radius 1 is 1.24 bits per heavy atom. The summed E-state index contributed by atoms with van der Waals surface area (Å²) in [5.41, 5.74) is 2.93. The number of hydrogen-bond acceptors (Lipinski definition) is 4. The Morgan fingerprint density at radius 2 is 1.94 bits per heavy atom. The van der Waals surface area contributed by atoms with E-state index in [-0.39, 0.29) is 5.75 Å². The summed E-state index contributed by atoms with van der Waals surface area (Å²) in [6.07, 6.45) is 1.86. The van der Waals surface area contributed by atoms with Crippen molar-refractivity contribution >= 4 is 43.2 Å². The van der Waals surface area contributed by atoms with Gasteiger partial charge in [0.25, 0.3) is 0 Å². The van der Waals surface area contributed by atoms with Gasteiger partial charge in [-0.3, -0.25) is 4.98 Å². The number of halogens is 2. The van der Waals surface area contributed by atoms with Crippen molar-refractivity contribution in [1.29, 1.82) is 0 Å². The number of aromatic hydroxyl groups is 1. The summed E-state index contributed by atoms with van der Waals surface area (Å²) >= 11 is 8.26. The number of phenols is 1. The summed E-state index contributed by atoms with van der Waals surface area (Å²) in [5.74, 6) is 0.233. The molecule has 2 rings (SSSR count). The molecule has 0 amide bonds. The Labute approximate surface area is 120 Å². The van der Waals surface area contributed by atoms with Crippen molar-refractivity contribution in [3.63, 3.8) is 0 Å². The molecule has 6 heteroatoms. The number of rotatable bonds is 4. The van der Waals surface area contributed by atoms with Crippen molar-refractivity contribution in [2.75, 3.05) is 0 Å². The van der Waals surface area contributed by atoms with Crippen LogP contribution in [0.15, 0.2) is 32.8 Å². The molecule has 2 N–H and O–H groups in total. The quantitative estimate of drug-likeness (QED) is 0.854. The van der Waals surface area contributed by atoms with Gasteiger partial charge in [0.2, 0.25) is 0 Å². The maximum absolute atomic E-state index is 9.59. The van der Waals surface area contributed by atoms with Gasteiger partial charge in [-0.15, -0.1) is 11.3 Å². The maximum atomic E-state index is 9.59. The minimum Gasteiger partial charge on any atom is -0.506 e. The standard InChI is InChI=1S/C11H10Br2N2OS/c12-9-1-7(2-10(13)11(9)16)3-14-4-8-5-15-6-17-8/h1-2,5-6,14,16H,3-4H2. The van der Waals surface area contributed by atoms with Crippen LogP contribution in [-0.4, -0.2) is 10.1 Å². The van der Waals surface area contributed by atoms with E-state index in [9.17, 15) is 5.11 Å². The van der Waals surface area contributed by atoms with Crippen molar-refractivity contribution in [2.24, 2.45) is 0 Å². The minimum absolute atomic E-state index is 0.233. The number of thiazole rings is 1. The Hall–Kier alpha value is -0.430. The van der Waals surface area contributed by atoms with Crippen LogP contribution in [0.2, 0.25) is 0 Å². The van der Waals surface area contributed by atoms with Crippen molar-refractivity contribution in [3.8, 4) is 5.75 Å². The first-order valence-corrected chi connectivity index (χ1v) is 7.38. The lowest BCUT2D eigenvalue weighted by atomic mass is 10.2. The van der Waals surface area contributed by atoms with E-state index in [4.69, 9.17) is 0 Å². The monoisotopic (exact) mass is 376 g/mol. The molecule has 0 aliphatic carbocycles. The van der Waals surface area contributed by atoms with Gasteiger partial charge in [0.05, 0.1) is 14.5 Å². The van der Waals surface area contributed by atoms with Crippen LogP contribution in [0.25, 0.3) is 0 Å². The Kier molecular flexibility index (Phi) is 4.55. The summed E-state index contributed by atoms with van der Waals surface area (Å²) in [5, 5.41) is 12.9. The Bertz CT molecular complexity index is 479. The molecular weight excluding hydrogens is 368 g/mol. The summed E-state index contributed by atoms with van der Waals surface area (Å²) in [4.78, 5) is 5.23. The smallest absolute Gasteiger partial charge is 0.143 e. The van der Waals surface area contributed by atoms with Gasteiger partial charge < -0.3 is 10.4 Å². The highest BCUT2D eigenvalue weighted by molar-refractivity contribution is 9.11. The van der Waals surface area contributed by atoms with Gasteiger partial charge in [0.15, 0.2) is 0 Å². The van der Waals surface area contributed by atoms with Crippen molar-refractivity contribution < 1.29 is 5.11 Å². The van der Waals surface area contributed by atoms with E-state index in [1.54, 1.807) is 11.3 Å². The molecule has 0 bridgehead atoms. The summed E-state index contributed by atoms with van der Waals surface area (Å²) in [6.45, 7) is 1.55. The summed E-state index contributed by atoms with van der Waals surface area (Å²) in [6, 6.07) is 3.81. The third-order valence-electron chi connectivity index (χ3n) is 2.19. The van der Waals surface area contributed by atoms with Gasteiger partial charge in [-0.05, 0) is 49.6 Å². The molecule has 17 heavy (non-hydrogen) atoms. The Balaban J connectivity index is 1.95. The summed E-state index contributed by atoms with van der Waals surface area (Å²) in [7, 11) is 0. The van der Waals surface area contributed by atoms with Gasteiger partial charge in [0.1, 0.15) is 5.75 Å². The lowest BCUT2D eigenvalue weighted by Crippen LogP contribution is -2.11. The van der Waals surface area contributed by atoms with Crippen LogP contribution < -0.4 is 5.32 Å². The molecule has 0 saturated carbocycles. The number of aromatic nitrogens is 1. The minimum atomic E-state index is 0.233. The molecule has 2 aromatic rings. The van der Waals surface area contributed by atoms with Crippen molar-refractivity contribution in [3.05, 3.63) is 43.2 Å². The molecule has 3 nitrogen and oxygen atoms in total. The number of nitrogens with zero attached hydrogens (tertiary/aromatic N) is 1. The molecule has 0 saturated heterocycles. The molecule has 0 fully saturated rings. The lowest BCUT2D eigenvalue weighted by Gasteiger charge is -2.07. The zero-order chi connectivity index (χ0) is 12.3. The average Bonchev–Trinajstić information content (AvgIpc) is 2.79. The molecule has 0 atom stereocenters. The molecule has 90 valence electrons. The molecule has 1 heterocycles. The zero-order valence-electron chi connectivity index (χ0n) is 8.78. The second kappa shape index (κ2) is 5.95. The molecule has 0 unspecified atom stereocenters. The summed E-state index contributed by atoms with van der Waals surface area (Å²) < 4.78 is 1.39. The first-order valence-electron chi connectivity index (χ1n) is 4.92. The van der Waals surface area contributed by atoms with Crippen LogP contribution in [0.5, 0.6) is 5.75 Å². The molecule has 0 spiro atoms. The van der Waals surface area contributed by atoms with Crippen molar-refractivity contribution in [1.82, 2.24) is 10.3 Å². The lowest BCUT2D eigenvalue weighted by molar-refractivity contribution is 0.468. The first kappa shape index (κ1) is 13.0. The molecule has 1 aromatic carbocycles. The predicted octanol–water partition coefficient (Wildman–Crippen LogP) is 3.66. The van der Waals surface area contributed by atoms with E-state index < -0.39 is 0 Å². The fourth-order valence-electron chi connectivity index (χ4n) is 1.38. The van der Waals surface area contributed by atoms with E-state index >= 15 is 0 Å². The SMILES string of the molecule is Oc1c(Br)cc(CNCc2cncs2)cc1Br. The number of benzene rings is 1. The Morgan fingerprint density at radius 3 is 2.53 bits per heavy atom. The van der Waals surface area contributed by atoms with Crippen LogP contribution in [0.3, 0.4) is 0 Å². The van der Waals surface area contributed by atoms with E-state index in [2.05, 4.69) is 42.2 Å². The zero-order valence-corrected chi connectivity index (χ0v) is 12.8. The van der Waals surface area contributed by atoms with E-state index in [1.807, 2.05) is 23.8 Å². The van der Waals surface area contributed by atoms with Crippen LogP contribution in [0.1, 0.15) is 10.4 Å². The highest BCUT2D eigenvalue weighted by atomic mass is 79.9. The first-order chi connectivity index (χ1) is 8.16. The van der Waals surface area contributed by atoms with Crippen LogP contribution >= 0.6 is 43.2 Å². The van der Waals surface area contributed by atoms with Crippen molar-refractivity contribution in [2.45, 2.75) is 13.1 Å². The third-order valence-corrected chi connectivity index (χ3v) is 4.18. The third kappa shape index (κ3) is 3.51. The maximum Gasteiger partial charge on any atom is 0.143 e.